The van der Waals surface area contributed by atoms with Crippen molar-refractivity contribution < 1.29 is 4.79 Å². The molecule has 2 nitrogen and oxygen atoms in total. The van der Waals surface area contributed by atoms with Crippen LogP contribution >= 0.6 is 34.2 Å². The molecule has 1 unspecified atom stereocenters. The zero-order valence-corrected chi connectivity index (χ0v) is 11.7. The summed E-state index contributed by atoms with van der Waals surface area (Å²) < 4.78 is 1.05. The van der Waals surface area contributed by atoms with Gasteiger partial charge in [-0.05, 0) is 47.2 Å². The van der Waals surface area contributed by atoms with Gasteiger partial charge in [-0.2, -0.15) is 0 Å². The Morgan fingerprint density at radius 2 is 2.31 bits per heavy atom. The number of benzene rings is 1. The maximum atomic E-state index is 11.9. The number of carbonyl (C=O) groups is 1. The number of halogens is 2. The number of rotatable bonds is 4. The third-order valence-corrected chi connectivity index (χ3v) is 3.51. The lowest BCUT2D eigenvalue weighted by Crippen LogP contribution is -2.36. The van der Waals surface area contributed by atoms with Crippen molar-refractivity contribution in [1.29, 1.82) is 0 Å². The summed E-state index contributed by atoms with van der Waals surface area (Å²) in [6.07, 6.45) is 0. The molecule has 0 aliphatic carbocycles. The molecule has 0 fully saturated rings. The summed E-state index contributed by atoms with van der Waals surface area (Å²) in [7, 11) is 0. The van der Waals surface area contributed by atoms with E-state index in [1.54, 1.807) is 6.92 Å². The zero-order chi connectivity index (χ0) is 12.2. The molecule has 4 heteroatoms. The SMILES string of the molecule is [C-]#[N+]CC(C)(C(=O)CCl)c1cccc(I)c1. The zero-order valence-electron chi connectivity index (χ0n) is 8.84. The van der Waals surface area contributed by atoms with Gasteiger partial charge in [0.25, 0.3) is 0 Å². The molecule has 1 rings (SSSR count). The quantitative estimate of drug-likeness (QED) is 0.465. The highest BCUT2D eigenvalue weighted by Gasteiger charge is 2.37. The molecular formula is C12H11ClINO. The van der Waals surface area contributed by atoms with E-state index in [1.807, 2.05) is 24.3 Å². The highest BCUT2D eigenvalue weighted by atomic mass is 127. The highest BCUT2D eigenvalue weighted by molar-refractivity contribution is 14.1. The van der Waals surface area contributed by atoms with E-state index in [2.05, 4.69) is 27.4 Å². The van der Waals surface area contributed by atoms with Crippen molar-refractivity contribution in [3.63, 3.8) is 0 Å². The first-order chi connectivity index (χ1) is 7.54. The molecule has 0 spiro atoms. The molecule has 0 N–H and O–H groups in total. The molecule has 0 aliphatic rings. The van der Waals surface area contributed by atoms with Gasteiger partial charge in [0, 0.05) is 3.57 Å². The Balaban J connectivity index is 3.22. The van der Waals surface area contributed by atoms with Gasteiger partial charge in [0.2, 0.25) is 6.54 Å². The molecular weight excluding hydrogens is 336 g/mol. The van der Waals surface area contributed by atoms with Crippen molar-refractivity contribution >= 4 is 40.0 Å². The smallest absolute Gasteiger partial charge is 0.230 e. The predicted octanol–water partition coefficient (Wildman–Crippen LogP) is 3.28. The lowest BCUT2D eigenvalue weighted by atomic mass is 9.79. The van der Waals surface area contributed by atoms with Crippen LogP contribution in [0.1, 0.15) is 12.5 Å². The maximum Gasteiger partial charge on any atom is 0.230 e. The number of ketones is 1. The molecule has 0 aliphatic heterocycles. The van der Waals surface area contributed by atoms with Crippen LogP contribution in [-0.2, 0) is 10.2 Å². The van der Waals surface area contributed by atoms with Crippen molar-refractivity contribution in [2.24, 2.45) is 0 Å². The van der Waals surface area contributed by atoms with Crippen molar-refractivity contribution in [2.75, 3.05) is 12.4 Å². The maximum absolute atomic E-state index is 11.9. The third kappa shape index (κ3) is 2.74. The van der Waals surface area contributed by atoms with Gasteiger partial charge in [0.15, 0.2) is 5.78 Å². The third-order valence-electron chi connectivity index (χ3n) is 2.59. The number of Topliss-reactive ketones (excluding diaryl/α,β-unsaturated/α-hetero) is 1. The number of carbonyl (C=O) groups excluding carboxylic acids is 1. The fourth-order valence-electron chi connectivity index (χ4n) is 1.48. The summed E-state index contributed by atoms with van der Waals surface area (Å²) in [6.45, 7) is 8.87. The van der Waals surface area contributed by atoms with Gasteiger partial charge < -0.3 is 4.85 Å². The minimum Gasteiger partial charge on any atom is -0.315 e. The Bertz CT molecular complexity index is 441. The van der Waals surface area contributed by atoms with E-state index in [9.17, 15) is 4.79 Å². The first kappa shape index (κ1) is 13.5. The first-order valence-electron chi connectivity index (χ1n) is 4.73. The van der Waals surface area contributed by atoms with Crippen molar-refractivity contribution in [2.45, 2.75) is 12.3 Å². The minimum absolute atomic E-state index is 0.0580. The van der Waals surface area contributed by atoms with E-state index in [0.29, 0.717) is 0 Å². The number of hydrogen-bond acceptors (Lipinski definition) is 1. The van der Waals surface area contributed by atoms with E-state index in [0.717, 1.165) is 9.13 Å². The minimum atomic E-state index is -0.787. The highest BCUT2D eigenvalue weighted by Crippen LogP contribution is 2.27. The number of alkyl halides is 1. The normalized spacial score (nSPS) is 13.9. The fourth-order valence-corrected chi connectivity index (χ4v) is 2.32. The van der Waals surface area contributed by atoms with Crippen LogP contribution in [0, 0.1) is 10.1 Å². The average Bonchev–Trinajstić information content (AvgIpc) is 2.28. The van der Waals surface area contributed by atoms with Gasteiger partial charge in [-0.1, -0.05) is 12.1 Å². The predicted molar refractivity (Wildman–Crippen MR) is 73.7 cm³/mol. The second-order valence-electron chi connectivity index (χ2n) is 3.72. The molecule has 0 saturated carbocycles. The van der Waals surface area contributed by atoms with Crippen LogP contribution < -0.4 is 0 Å². The second kappa shape index (κ2) is 5.65. The molecule has 0 amide bonds. The molecule has 0 heterocycles. The van der Waals surface area contributed by atoms with E-state index < -0.39 is 5.41 Å². The van der Waals surface area contributed by atoms with Gasteiger partial charge in [-0.15, -0.1) is 11.6 Å². The first-order valence-corrected chi connectivity index (χ1v) is 6.34. The van der Waals surface area contributed by atoms with E-state index in [-0.39, 0.29) is 18.2 Å². The van der Waals surface area contributed by atoms with Crippen LogP contribution in [0.5, 0.6) is 0 Å². The summed E-state index contributed by atoms with van der Waals surface area (Å²) in [5.41, 5.74) is 0.0751. The van der Waals surface area contributed by atoms with Crippen LogP contribution in [0.25, 0.3) is 4.85 Å². The molecule has 1 aromatic carbocycles. The summed E-state index contributed by atoms with van der Waals surface area (Å²) >= 11 is 7.80. The van der Waals surface area contributed by atoms with Crippen LogP contribution in [-0.4, -0.2) is 18.2 Å². The Hall–Kier alpha value is -0.600. The fraction of sp³-hybridized carbons (Fsp3) is 0.333. The molecule has 1 aromatic rings. The Labute approximate surface area is 114 Å². The molecule has 16 heavy (non-hydrogen) atoms. The van der Waals surface area contributed by atoms with Gasteiger partial charge in [-0.3, -0.25) is 4.79 Å². The monoisotopic (exact) mass is 347 g/mol. The van der Waals surface area contributed by atoms with E-state index in [4.69, 9.17) is 18.2 Å². The molecule has 1 atom stereocenters. The molecule has 0 saturated heterocycles. The molecule has 84 valence electrons. The summed E-state index contributed by atoms with van der Waals surface area (Å²) in [4.78, 5) is 15.2. The van der Waals surface area contributed by atoms with Gasteiger partial charge in [0.1, 0.15) is 5.41 Å². The van der Waals surface area contributed by atoms with Gasteiger partial charge in [-0.25, -0.2) is 6.57 Å². The van der Waals surface area contributed by atoms with Crippen LogP contribution in [0.15, 0.2) is 24.3 Å². The largest absolute Gasteiger partial charge is 0.315 e. The average molecular weight is 348 g/mol. The van der Waals surface area contributed by atoms with Crippen LogP contribution in [0.3, 0.4) is 0 Å². The van der Waals surface area contributed by atoms with Crippen molar-refractivity contribution in [3.05, 3.63) is 44.8 Å². The van der Waals surface area contributed by atoms with Gasteiger partial charge >= 0.3 is 0 Å². The molecule has 0 radical (unpaired) electrons. The lowest BCUT2D eigenvalue weighted by Gasteiger charge is -2.22. The summed E-state index contributed by atoms with van der Waals surface area (Å²) in [5.74, 6) is -0.163. The second-order valence-corrected chi connectivity index (χ2v) is 5.23. The summed E-state index contributed by atoms with van der Waals surface area (Å²) in [6, 6.07) is 7.64. The molecule has 0 aromatic heterocycles. The van der Waals surface area contributed by atoms with Crippen LogP contribution in [0.2, 0.25) is 0 Å². The Kier molecular flexibility index (Phi) is 4.75. The van der Waals surface area contributed by atoms with E-state index >= 15 is 0 Å². The van der Waals surface area contributed by atoms with E-state index in [1.165, 1.54) is 0 Å². The van der Waals surface area contributed by atoms with Gasteiger partial charge in [0.05, 0.1) is 5.88 Å². The Morgan fingerprint density at radius 3 is 2.81 bits per heavy atom. The topological polar surface area (TPSA) is 21.4 Å². The lowest BCUT2D eigenvalue weighted by molar-refractivity contribution is -0.121. The Morgan fingerprint density at radius 1 is 1.62 bits per heavy atom. The standard InChI is InChI=1S/C12H11ClINO/c1-12(8-15-2,11(16)7-13)9-4-3-5-10(14)6-9/h3-6H,7-8H2,1H3. The number of hydrogen-bond donors (Lipinski definition) is 0. The van der Waals surface area contributed by atoms with Crippen molar-refractivity contribution in [3.8, 4) is 0 Å². The number of nitrogens with zero attached hydrogens (tertiary/aromatic N) is 1. The van der Waals surface area contributed by atoms with Crippen LogP contribution in [0.4, 0.5) is 0 Å². The molecule has 0 bridgehead atoms. The van der Waals surface area contributed by atoms with Crippen molar-refractivity contribution in [1.82, 2.24) is 0 Å². The summed E-state index contributed by atoms with van der Waals surface area (Å²) in [5, 5.41) is 0.